The third-order valence-corrected chi connectivity index (χ3v) is 8.04. The van der Waals surface area contributed by atoms with Crippen LogP contribution in [0.25, 0.3) is 11.3 Å². The third-order valence-electron chi connectivity index (χ3n) is 8.04. The molecule has 0 atom stereocenters. The average Bonchev–Trinajstić information content (AvgIpc) is 2.99. The lowest BCUT2D eigenvalue weighted by Gasteiger charge is -2.32. The molecule has 1 aliphatic rings. The van der Waals surface area contributed by atoms with Gasteiger partial charge in [-0.15, -0.1) is 0 Å². The van der Waals surface area contributed by atoms with Gasteiger partial charge in [0.2, 0.25) is 0 Å². The fourth-order valence-electron chi connectivity index (χ4n) is 5.74. The molecule has 8 heteroatoms. The molecule has 3 heterocycles. The number of likely N-dealkylation sites (tertiary alicyclic amines) is 1. The van der Waals surface area contributed by atoms with E-state index >= 15 is 0 Å². The molecular formula is C34H35F3N4O. The zero-order valence-electron chi connectivity index (χ0n) is 24.0. The molecule has 1 saturated heterocycles. The summed E-state index contributed by atoms with van der Waals surface area (Å²) in [6, 6.07) is 15.5. The van der Waals surface area contributed by atoms with E-state index in [2.05, 4.69) is 26.8 Å². The summed E-state index contributed by atoms with van der Waals surface area (Å²) in [4.78, 5) is 28.9. The van der Waals surface area contributed by atoms with E-state index in [4.69, 9.17) is 0 Å². The van der Waals surface area contributed by atoms with E-state index in [1.165, 1.54) is 12.1 Å². The Morgan fingerprint density at radius 3 is 2.55 bits per heavy atom. The van der Waals surface area contributed by atoms with E-state index in [1.807, 2.05) is 37.3 Å². The van der Waals surface area contributed by atoms with Crippen LogP contribution < -0.4 is 0 Å². The van der Waals surface area contributed by atoms with Gasteiger partial charge in [-0.05, 0) is 98.3 Å². The van der Waals surface area contributed by atoms with Crippen LogP contribution in [0.3, 0.4) is 0 Å². The van der Waals surface area contributed by atoms with E-state index < -0.39 is 17.5 Å². The van der Waals surface area contributed by atoms with E-state index in [0.717, 1.165) is 61.3 Å². The Balaban J connectivity index is 1.34. The van der Waals surface area contributed by atoms with Gasteiger partial charge in [-0.25, -0.2) is 9.97 Å². The highest BCUT2D eigenvalue weighted by Crippen LogP contribution is 2.37. The summed E-state index contributed by atoms with van der Waals surface area (Å²) < 4.78 is 42.6. The molecule has 5 nitrogen and oxygen atoms in total. The van der Waals surface area contributed by atoms with Crippen molar-refractivity contribution < 1.29 is 18.0 Å². The van der Waals surface area contributed by atoms with Gasteiger partial charge in [-0.1, -0.05) is 37.3 Å². The van der Waals surface area contributed by atoms with Crippen molar-refractivity contribution in [2.75, 3.05) is 19.6 Å². The maximum absolute atomic E-state index is 14.2. The Morgan fingerprint density at radius 2 is 1.83 bits per heavy atom. The molecule has 0 unspecified atom stereocenters. The largest absolute Gasteiger partial charge is 0.417 e. The topological polar surface area (TPSA) is 59.0 Å². The molecule has 2 aromatic carbocycles. The van der Waals surface area contributed by atoms with Gasteiger partial charge >= 0.3 is 6.18 Å². The quantitative estimate of drug-likeness (QED) is 0.195. The third kappa shape index (κ3) is 7.10. The first kappa shape index (κ1) is 29.6. The molecular weight excluding hydrogens is 537 g/mol. The number of rotatable bonds is 9. The summed E-state index contributed by atoms with van der Waals surface area (Å²) in [5, 5.41) is 0. The minimum Gasteiger partial charge on any atom is -0.303 e. The summed E-state index contributed by atoms with van der Waals surface area (Å²) in [6.07, 6.45) is 3.55. The number of aromatic nitrogens is 3. The Hall–Kier alpha value is -3.91. The normalized spacial score (nSPS) is 14.7. The van der Waals surface area contributed by atoms with E-state index in [9.17, 15) is 18.0 Å². The maximum atomic E-state index is 14.2. The molecule has 42 heavy (non-hydrogen) atoms. The number of halogens is 3. The molecule has 1 fully saturated rings. The first-order valence-electron chi connectivity index (χ1n) is 14.5. The second kappa shape index (κ2) is 12.9. The predicted molar refractivity (Wildman–Crippen MR) is 157 cm³/mol. The van der Waals surface area contributed by atoms with E-state index in [0.29, 0.717) is 23.4 Å². The monoisotopic (exact) mass is 572 g/mol. The van der Waals surface area contributed by atoms with Crippen LogP contribution in [0.2, 0.25) is 0 Å². The zero-order valence-corrected chi connectivity index (χ0v) is 24.0. The Bertz CT molecular complexity index is 1530. The minimum absolute atomic E-state index is 0.0712. The summed E-state index contributed by atoms with van der Waals surface area (Å²) in [6.45, 7) is 6.87. The highest BCUT2D eigenvalue weighted by Gasteiger charge is 2.36. The van der Waals surface area contributed by atoms with Gasteiger partial charge in [0.15, 0.2) is 5.78 Å². The van der Waals surface area contributed by atoms with Crippen LogP contribution in [0.4, 0.5) is 13.2 Å². The Labute approximate surface area is 244 Å². The van der Waals surface area contributed by atoms with Crippen LogP contribution >= 0.6 is 0 Å². The van der Waals surface area contributed by atoms with Crippen LogP contribution in [-0.4, -0.2) is 45.3 Å². The molecule has 0 bridgehead atoms. The van der Waals surface area contributed by atoms with E-state index in [-0.39, 0.29) is 17.9 Å². The highest BCUT2D eigenvalue weighted by molar-refractivity contribution is 5.99. The van der Waals surface area contributed by atoms with Gasteiger partial charge in [-0.3, -0.25) is 9.78 Å². The molecule has 0 aliphatic carbocycles. The van der Waals surface area contributed by atoms with Crippen molar-refractivity contribution in [2.45, 2.75) is 58.0 Å². The molecule has 1 aliphatic heterocycles. The summed E-state index contributed by atoms with van der Waals surface area (Å²) >= 11 is 0. The smallest absolute Gasteiger partial charge is 0.303 e. The number of ketones is 1. The van der Waals surface area contributed by atoms with Gasteiger partial charge in [0.05, 0.1) is 11.3 Å². The predicted octanol–water partition coefficient (Wildman–Crippen LogP) is 7.47. The molecule has 0 spiro atoms. The van der Waals surface area contributed by atoms with Crippen molar-refractivity contribution in [3.05, 3.63) is 112 Å². The SMILES string of the molecule is CCCN1CCC(c2ccc(C(=O)Cc3ccc(C)c(Cc4nccc(-c5cccnc5)n4)c3)c(C(F)(F)F)c2)CC1. The molecule has 0 amide bonds. The fourth-order valence-corrected chi connectivity index (χ4v) is 5.74. The van der Waals surface area contributed by atoms with Gasteiger partial charge in [0.25, 0.3) is 0 Å². The second-order valence-electron chi connectivity index (χ2n) is 11.1. The lowest BCUT2D eigenvalue weighted by molar-refractivity contribution is -0.138. The number of Topliss-reactive ketones (excluding diaryl/α,β-unsaturated/α-hetero) is 1. The van der Waals surface area contributed by atoms with Crippen molar-refractivity contribution in [1.29, 1.82) is 0 Å². The molecule has 0 radical (unpaired) electrons. The number of nitrogens with zero attached hydrogens (tertiary/aromatic N) is 4. The zero-order chi connectivity index (χ0) is 29.7. The Kier molecular flexibility index (Phi) is 9.12. The van der Waals surface area contributed by atoms with Crippen LogP contribution in [0, 0.1) is 6.92 Å². The van der Waals surface area contributed by atoms with Gasteiger partial charge in [0.1, 0.15) is 5.82 Å². The summed E-state index contributed by atoms with van der Waals surface area (Å²) in [5.74, 6) is 0.136. The summed E-state index contributed by atoms with van der Waals surface area (Å²) in [7, 11) is 0. The molecule has 4 aromatic rings. The minimum atomic E-state index is -4.61. The second-order valence-corrected chi connectivity index (χ2v) is 11.1. The van der Waals surface area contributed by atoms with Crippen molar-refractivity contribution in [2.24, 2.45) is 0 Å². The lowest BCUT2D eigenvalue weighted by Crippen LogP contribution is -2.33. The summed E-state index contributed by atoms with van der Waals surface area (Å²) in [5.41, 5.74) is 3.76. The number of carbonyl (C=O) groups is 1. The fraction of sp³-hybridized carbons (Fsp3) is 0.353. The number of carbonyl (C=O) groups excluding carboxylic acids is 1. The Morgan fingerprint density at radius 1 is 1.02 bits per heavy atom. The number of pyridine rings is 1. The van der Waals surface area contributed by atoms with Crippen LogP contribution in [0.5, 0.6) is 0 Å². The first-order valence-corrected chi connectivity index (χ1v) is 14.5. The van der Waals surface area contributed by atoms with Gasteiger partial charge < -0.3 is 4.90 Å². The molecule has 0 N–H and O–H groups in total. The standard InChI is InChI=1S/C34H35F3N4O/c1-3-15-41-16-11-25(12-17-41)26-8-9-29(30(20-26)34(35,36)37)32(42)19-24-7-6-23(2)28(18-24)21-33-39-14-10-31(40-33)27-5-4-13-38-22-27/h4-10,13-14,18,20,22,25H,3,11-12,15-17,19,21H2,1-2H3. The molecule has 5 rings (SSSR count). The number of alkyl halides is 3. The van der Waals surface area contributed by atoms with Crippen LogP contribution in [-0.2, 0) is 19.0 Å². The number of hydrogen-bond donors (Lipinski definition) is 0. The van der Waals surface area contributed by atoms with Gasteiger partial charge in [0, 0.05) is 42.6 Å². The van der Waals surface area contributed by atoms with Crippen LogP contribution in [0.15, 0.2) is 73.2 Å². The molecule has 2 aromatic heterocycles. The first-order chi connectivity index (χ1) is 20.2. The van der Waals surface area contributed by atoms with Crippen molar-refractivity contribution in [3.63, 3.8) is 0 Å². The van der Waals surface area contributed by atoms with Crippen molar-refractivity contribution >= 4 is 5.78 Å². The van der Waals surface area contributed by atoms with Crippen molar-refractivity contribution in [1.82, 2.24) is 19.9 Å². The number of benzene rings is 2. The number of hydrogen-bond acceptors (Lipinski definition) is 5. The highest BCUT2D eigenvalue weighted by atomic mass is 19.4. The lowest BCUT2D eigenvalue weighted by atomic mass is 9.86. The number of aryl methyl sites for hydroxylation is 1. The maximum Gasteiger partial charge on any atom is 0.417 e. The van der Waals surface area contributed by atoms with Crippen LogP contribution in [0.1, 0.15) is 76.1 Å². The number of piperidine rings is 1. The molecule has 218 valence electrons. The average molecular weight is 573 g/mol. The van der Waals surface area contributed by atoms with Gasteiger partial charge in [-0.2, -0.15) is 13.2 Å². The van der Waals surface area contributed by atoms with E-state index in [1.54, 1.807) is 30.7 Å². The molecule has 0 saturated carbocycles. The van der Waals surface area contributed by atoms with Crippen molar-refractivity contribution in [3.8, 4) is 11.3 Å².